The highest BCUT2D eigenvalue weighted by Gasteiger charge is 2.25. The van der Waals surface area contributed by atoms with Gasteiger partial charge in [0.2, 0.25) is 10.0 Å². The number of hydrogen-bond donors (Lipinski definition) is 0. The molecule has 0 bridgehead atoms. The van der Waals surface area contributed by atoms with Crippen LogP contribution in [0, 0.1) is 6.92 Å². The van der Waals surface area contributed by atoms with Gasteiger partial charge in [0.05, 0.1) is 22.7 Å². The van der Waals surface area contributed by atoms with Crippen LogP contribution < -0.4 is 5.56 Å². The van der Waals surface area contributed by atoms with Crippen molar-refractivity contribution in [3.05, 3.63) is 112 Å². The summed E-state index contributed by atoms with van der Waals surface area (Å²) in [6.45, 7) is 3.42. The van der Waals surface area contributed by atoms with Crippen LogP contribution in [-0.4, -0.2) is 46.9 Å². The second kappa shape index (κ2) is 13.2. The van der Waals surface area contributed by atoms with Crippen molar-refractivity contribution in [2.24, 2.45) is 0 Å². The standard InChI is InChI=1S/C34H33N3O4S3/c1-24-11-13-27(14-12-24)31-21-29-32(43-31)33(39)37(22-25-9-5-4-6-10-25)34(35-29)42-23-30(38)26-15-17-28(18-16-26)44(40,41)36-19-7-2-3-8-20-36/h4-6,9-18,21H,2-3,7-8,19-20,22-23H2,1H3. The maximum atomic E-state index is 13.8. The molecule has 0 saturated carbocycles. The topological polar surface area (TPSA) is 89.3 Å². The molecule has 0 spiro atoms. The van der Waals surface area contributed by atoms with E-state index in [4.69, 9.17) is 4.98 Å². The Bertz CT molecular complexity index is 1940. The van der Waals surface area contributed by atoms with Gasteiger partial charge in [-0.05, 0) is 49.1 Å². The largest absolute Gasteiger partial charge is 0.293 e. The molecule has 1 saturated heterocycles. The van der Waals surface area contributed by atoms with Gasteiger partial charge >= 0.3 is 0 Å². The van der Waals surface area contributed by atoms with Gasteiger partial charge in [0, 0.05) is 23.5 Å². The number of aryl methyl sites for hydroxylation is 1. The molecule has 6 rings (SSSR count). The molecule has 5 aromatic rings. The van der Waals surface area contributed by atoms with Crippen LogP contribution in [-0.2, 0) is 16.6 Å². The van der Waals surface area contributed by atoms with Crippen LogP contribution in [0.15, 0.2) is 99.8 Å². The minimum Gasteiger partial charge on any atom is -0.293 e. The van der Waals surface area contributed by atoms with Crippen molar-refractivity contribution >= 4 is 49.1 Å². The number of aromatic nitrogens is 2. The molecule has 0 radical (unpaired) electrons. The van der Waals surface area contributed by atoms with Crippen LogP contribution in [0.4, 0.5) is 0 Å². The Hall–Kier alpha value is -3.57. The van der Waals surface area contributed by atoms with E-state index in [1.165, 1.54) is 35.2 Å². The third-order valence-electron chi connectivity index (χ3n) is 7.83. The molecule has 1 fully saturated rings. The predicted molar refractivity (Wildman–Crippen MR) is 178 cm³/mol. The van der Waals surface area contributed by atoms with Crippen molar-refractivity contribution in [1.29, 1.82) is 0 Å². The first-order chi connectivity index (χ1) is 21.3. The van der Waals surface area contributed by atoms with Gasteiger partial charge in [-0.1, -0.05) is 96.9 Å². The quantitative estimate of drug-likeness (QED) is 0.0975. The van der Waals surface area contributed by atoms with Gasteiger partial charge in [-0.2, -0.15) is 4.31 Å². The highest BCUT2D eigenvalue weighted by molar-refractivity contribution is 7.99. The van der Waals surface area contributed by atoms with Crippen LogP contribution in [0.5, 0.6) is 0 Å². The van der Waals surface area contributed by atoms with Gasteiger partial charge in [0.15, 0.2) is 10.9 Å². The van der Waals surface area contributed by atoms with Crippen molar-refractivity contribution in [3.8, 4) is 10.4 Å². The van der Waals surface area contributed by atoms with E-state index in [0.717, 1.165) is 47.3 Å². The third kappa shape index (κ3) is 6.58. The predicted octanol–water partition coefficient (Wildman–Crippen LogP) is 7.02. The van der Waals surface area contributed by atoms with Crippen molar-refractivity contribution in [2.75, 3.05) is 18.8 Å². The number of thiophene rings is 1. The fourth-order valence-electron chi connectivity index (χ4n) is 5.32. The monoisotopic (exact) mass is 643 g/mol. The molecular formula is C34H33N3O4S3. The molecule has 0 atom stereocenters. The van der Waals surface area contributed by atoms with E-state index >= 15 is 0 Å². The molecule has 0 aliphatic carbocycles. The van der Waals surface area contributed by atoms with Gasteiger partial charge < -0.3 is 0 Å². The maximum absolute atomic E-state index is 13.8. The Morgan fingerprint density at radius 2 is 1.59 bits per heavy atom. The molecule has 0 unspecified atom stereocenters. The summed E-state index contributed by atoms with van der Waals surface area (Å²) in [6.07, 6.45) is 3.80. The van der Waals surface area contributed by atoms with Gasteiger partial charge in [-0.15, -0.1) is 11.3 Å². The molecule has 10 heteroatoms. The Morgan fingerprint density at radius 3 is 2.27 bits per heavy atom. The molecule has 7 nitrogen and oxygen atoms in total. The first kappa shape index (κ1) is 30.5. The Kier molecular flexibility index (Phi) is 9.13. The summed E-state index contributed by atoms with van der Waals surface area (Å²) in [5.74, 6) is -0.111. The highest BCUT2D eigenvalue weighted by Crippen LogP contribution is 2.32. The zero-order chi connectivity index (χ0) is 30.7. The molecule has 1 aliphatic heterocycles. The van der Waals surface area contributed by atoms with Gasteiger partial charge in [-0.3, -0.25) is 14.2 Å². The summed E-state index contributed by atoms with van der Waals surface area (Å²) in [5, 5.41) is 0.466. The van der Waals surface area contributed by atoms with E-state index in [1.807, 2.05) is 67.6 Å². The minimum atomic E-state index is -3.59. The summed E-state index contributed by atoms with van der Waals surface area (Å²) >= 11 is 2.65. The molecule has 44 heavy (non-hydrogen) atoms. The number of rotatable bonds is 9. The Labute approximate surface area is 265 Å². The van der Waals surface area contributed by atoms with Gasteiger partial charge in [0.1, 0.15) is 4.70 Å². The van der Waals surface area contributed by atoms with Crippen molar-refractivity contribution < 1.29 is 13.2 Å². The number of carbonyl (C=O) groups excluding carboxylic acids is 1. The smallest absolute Gasteiger partial charge is 0.272 e. The molecule has 3 heterocycles. The fourth-order valence-corrected chi connectivity index (χ4v) is 8.78. The van der Waals surface area contributed by atoms with Gasteiger partial charge in [-0.25, -0.2) is 13.4 Å². The lowest BCUT2D eigenvalue weighted by Crippen LogP contribution is -2.31. The van der Waals surface area contributed by atoms with Crippen molar-refractivity contribution in [1.82, 2.24) is 13.9 Å². The number of ketones is 1. The van der Waals surface area contributed by atoms with Gasteiger partial charge in [0.25, 0.3) is 5.56 Å². The zero-order valence-electron chi connectivity index (χ0n) is 24.4. The van der Waals surface area contributed by atoms with Crippen LogP contribution >= 0.6 is 23.1 Å². The molecule has 2 aromatic heterocycles. The molecule has 3 aromatic carbocycles. The Balaban J connectivity index is 1.26. The highest BCUT2D eigenvalue weighted by atomic mass is 32.2. The summed E-state index contributed by atoms with van der Waals surface area (Å²) < 4.78 is 30.1. The minimum absolute atomic E-state index is 0.0555. The SMILES string of the molecule is Cc1ccc(-c2cc3nc(SCC(=O)c4ccc(S(=O)(=O)N5CCCCCC5)cc4)n(Cc4ccccc4)c(=O)c3s2)cc1. The van der Waals surface area contributed by atoms with E-state index < -0.39 is 10.0 Å². The summed E-state index contributed by atoms with van der Waals surface area (Å²) in [4.78, 5) is 33.1. The molecule has 0 N–H and O–H groups in total. The van der Waals surface area contributed by atoms with Crippen LogP contribution in [0.2, 0.25) is 0 Å². The average molecular weight is 644 g/mol. The number of Topliss-reactive ketones (excluding diaryl/α,β-unsaturated/α-hetero) is 1. The number of fused-ring (bicyclic) bond motifs is 1. The average Bonchev–Trinajstić information content (AvgIpc) is 3.27. The molecule has 0 amide bonds. The molecule has 226 valence electrons. The van der Waals surface area contributed by atoms with Crippen molar-refractivity contribution in [3.63, 3.8) is 0 Å². The summed E-state index contributed by atoms with van der Waals surface area (Å²) in [6, 6.07) is 26.0. The maximum Gasteiger partial charge on any atom is 0.272 e. The van der Waals surface area contributed by atoms with E-state index in [2.05, 4.69) is 0 Å². The second-order valence-electron chi connectivity index (χ2n) is 11.0. The number of sulfonamides is 1. The number of thioether (sulfide) groups is 1. The number of carbonyl (C=O) groups is 1. The first-order valence-corrected chi connectivity index (χ1v) is 18.0. The Morgan fingerprint density at radius 1 is 0.909 bits per heavy atom. The fraction of sp³-hybridized carbons (Fsp3) is 0.265. The lowest BCUT2D eigenvalue weighted by Gasteiger charge is -2.20. The number of benzene rings is 3. The van der Waals surface area contributed by atoms with E-state index in [1.54, 1.807) is 21.0 Å². The lowest BCUT2D eigenvalue weighted by atomic mass is 10.1. The van der Waals surface area contributed by atoms with E-state index in [-0.39, 0.29) is 22.0 Å². The third-order valence-corrected chi connectivity index (χ3v) is 11.9. The van der Waals surface area contributed by atoms with Crippen LogP contribution in [0.25, 0.3) is 20.7 Å². The summed E-state index contributed by atoms with van der Waals surface area (Å²) in [7, 11) is -3.59. The van der Waals surface area contributed by atoms with Crippen LogP contribution in [0.3, 0.4) is 0 Å². The lowest BCUT2D eigenvalue weighted by molar-refractivity contribution is 0.102. The first-order valence-electron chi connectivity index (χ1n) is 14.7. The normalized spacial score (nSPS) is 14.5. The number of hydrogen-bond acceptors (Lipinski definition) is 7. The van der Waals surface area contributed by atoms with E-state index in [0.29, 0.717) is 40.6 Å². The van der Waals surface area contributed by atoms with Crippen molar-refractivity contribution in [2.45, 2.75) is 49.2 Å². The number of nitrogens with zero attached hydrogens (tertiary/aromatic N) is 3. The second-order valence-corrected chi connectivity index (χ2v) is 14.9. The molecule has 1 aliphatic rings. The van der Waals surface area contributed by atoms with E-state index in [9.17, 15) is 18.0 Å². The summed E-state index contributed by atoms with van der Waals surface area (Å²) in [5.41, 5.74) is 4.04. The zero-order valence-corrected chi connectivity index (χ0v) is 26.9. The van der Waals surface area contributed by atoms with Crippen LogP contribution in [0.1, 0.15) is 47.2 Å². The molecular weight excluding hydrogens is 611 g/mol.